The molecular formula is C13H16BrF2NO. The van der Waals surface area contributed by atoms with Crippen molar-refractivity contribution < 1.29 is 13.5 Å². The molecule has 1 N–H and O–H groups in total. The van der Waals surface area contributed by atoms with Gasteiger partial charge in [0.2, 0.25) is 0 Å². The van der Waals surface area contributed by atoms with Crippen LogP contribution in [0.25, 0.3) is 0 Å². The van der Waals surface area contributed by atoms with Crippen LogP contribution < -0.4 is 10.1 Å². The molecule has 0 radical (unpaired) electrons. The van der Waals surface area contributed by atoms with Gasteiger partial charge >= 0.3 is 6.61 Å². The number of nitrogens with one attached hydrogen (secondary N) is 1. The highest BCUT2D eigenvalue weighted by Gasteiger charge is 2.09. The van der Waals surface area contributed by atoms with E-state index < -0.39 is 6.61 Å². The third-order valence-corrected chi connectivity index (χ3v) is 2.77. The summed E-state index contributed by atoms with van der Waals surface area (Å²) in [4.78, 5) is 0. The SMILES string of the molecule is C/C=C/CCNCc1cc(Br)ccc1OC(F)F. The lowest BCUT2D eigenvalue weighted by Crippen LogP contribution is -2.15. The molecule has 0 heterocycles. The normalized spacial score (nSPS) is 11.4. The summed E-state index contributed by atoms with van der Waals surface area (Å²) in [6.45, 7) is 0.459. The fourth-order valence-corrected chi connectivity index (χ4v) is 1.88. The first-order valence-electron chi connectivity index (χ1n) is 5.68. The maximum Gasteiger partial charge on any atom is 0.387 e. The van der Waals surface area contributed by atoms with Crippen molar-refractivity contribution in [2.75, 3.05) is 6.54 Å². The Labute approximate surface area is 114 Å². The average Bonchev–Trinajstić information content (AvgIpc) is 2.31. The maximum absolute atomic E-state index is 12.2. The Bertz CT molecular complexity index is 397. The van der Waals surface area contributed by atoms with Gasteiger partial charge in [-0.2, -0.15) is 8.78 Å². The number of ether oxygens (including phenoxy) is 1. The van der Waals surface area contributed by atoms with Gasteiger partial charge in [-0.1, -0.05) is 28.1 Å². The fourth-order valence-electron chi connectivity index (χ4n) is 1.47. The van der Waals surface area contributed by atoms with Crippen LogP contribution in [0.15, 0.2) is 34.8 Å². The minimum atomic E-state index is -2.80. The first-order valence-corrected chi connectivity index (χ1v) is 6.48. The zero-order chi connectivity index (χ0) is 13.4. The van der Waals surface area contributed by atoms with E-state index in [0.717, 1.165) is 17.4 Å². The summed E-state index contributed by atoms with van der Waals surface area (Å²) < 4.78 is 29.8. The summed E-state index contributed by atoms with van der Waals surface area (Å²) in [7, 11) is 0. The van der Waals surface area contributed by atoms with Gasteiger partial charge in [0.15, 0.2) is 0 Å². The van der Waals surface area contributed by atoms with Gasteiger partial charge in [-0.15, -0.1) is 0 Å². The molecule has 0 amide bonds. The minimum absolute atomic E-state index is 0.215. The van der Waals surface area contributed by atoms with Crippen molar-refractivity contribution in [3.8, 4) is 5.75 Å². The quantitative estimate of drug-likeness (QED) is 0.603. The second-order valence-electron chi connectivity index (χ2n) is 3.67. The van der Waals surface area contributed by atoms with Gasteiger partial charge in [0.1, 0.15) is 5.75 Å². The summed E-state index contributed by atoms with van der Waals surface area (Å²) in [5.74, 6) is 0.215. The molecule has 0 saturated heterocycles. The number of halogens is 3. The predicted octanol–water partition coefficient (Wildman–Crippen LogP) is 4.11. The Morgan fingerprint density at radius 2 is 2.22 bits per heavy atom. The Morgan fingerprint density at radius 1 is 1.44 bits per heavy atom. The van der Waals surface area contributed by atoms with E-state index in [0.29, 0.717) is 12.1 Å². The molecule has 0 bridgehead atoms. The summed E-state index contributed by atoms with van der Waals surface area (Å²) in [6.07, 6.45) is 4.94. The van der Waals surface area contributed by atoms with E-state index >= 15 is 0 Å². The predicted molar refractivity (Wildman–Crippen MR) is 71.9 cm³/mol. The van der Waals surface area contributed by atoms with Crippen molar-refractivity contribution >= 4 is 15.9 Å². The molecular weight excluding hydrogens is 304 g/mol. The van der Waals surface area contributed by atoms with E-state index in [-0.39, 0.29) is 5.75 Å². The van der Waals surface area contributed by atoms with Crippen LogP contribution in [0.2, 0.25) is 0 Å². The number of hydrogen-bond donors (Lipinski definition) is 1. The maximum atomic E-state index is 12.2. The molecule has 100 valence electrons. The molecule has 2 nitrogen and oxygen atoms in total. The van der Waals surface area contributed by atoms with Gasteiger partial charge < -0.3 is 10.1 Å². The summed E-state index contributed by atoms with van der Waals surface area (Å²) in [5, 5.41) is 3.18. The van der Waals surface area contributed by atoms with Crippen LogP contribution in [-0.2, 0) is 6.54 Å². The molecule has 0 spiro atoms. The van der Waals surface area contributed by atoms with E-state index in [1.54, 1.807) is 18.2 Å². The molecule has 0 aliphatic carbocycles. The van der Waals surface area contributed by atoms with Crippen LogP contribution in [0.4, 0.5) is 8.78 Å². The van der Waals surface area contributed by atoms with Gasteiger partial charge in [0, 0.05) is 16.6 Å². The largest absolute Gasteiger partial charge is 0.434 e. The topological polar surface area (TPSA) is 21.3 Å². The molecule has 0 atom stereocenters. The minimum Gasteiger partial charge on any atom is -0.434 e. The van der Waals surface area contributed by atoms with E-state index in [1.807, 2.05) is 19.1 Å². The number of alkyl halides is 2. The van der Waals surface area contributed by atoms with Gasteiger partial charge in [0.05, 0.1) is 0 Å². The molecule has 0 aliphatic heterocycles. The van der Waals surface area contributed by atoms with Crippen molar-refractivity contribution in [2.45, 2.75) is 26.5 Å². The molecule has 0 aromatic heterocycles. The molecule has 1 aromatic carbocycles. The van der Waals surface area contributed by atoms with E-state index in [1.165, 1.54) is 0 Å². The number of allylic oxidation sites excluding steroid dienone is 1. The molecule has 5 heteroatoms. The molecule has 0 saturated carbocycles. The molecule has 18 heavy (non-hydrogen) atoms. The van der Waals surface area contributed by atoms with Gasteiger partial charge in [-0.3, -0.25) is 0 Å². The highest BCUT2D eigenvalue weighted by atomic mass is 79.9. The van der Waals surface area contributed by atoms with Crippen molar-refractivity contribution in [1.82, 2.24) is 5.32 Å². The lowest BCUT2D eigenvalue weighted by atomic mass is 10.2. The molecule has 1 rings (SSSR count). The van der Waals surface area contributed by atoms with Crippen LogP contribution >= 0.6 is 15.9 Å². The third kappa shape index (κ3) is 5.60. The first kappa shape index (κ1) is 15.1. The second kappa shape index (κ2) is 8.21. The highest BCUT2D eigenvalue weighted by molar-refractivity contribution is 9.10. The highest BCUT2D eigenvalue weighted by Crippen LogP contribution is 2.24. The second-order valence-corrected chi connectivity index (χ2v) is 4.58. The fraction of sp³-hybridized carbons (Fsp3) is 0.385. The first-order chi connectivity index (χ1) is 8.63. The van der Waals surface area contributed by atoms with Gasteiger partial charge in [-0.05, 0) is 38.1 Å². The average molecular weight is 320 g/mol. The van der Waals surface area contributed by atoms with E-state index in [2.05, 4.69) is 26.0 Å². The molecule has 0 fully saturated rings. The van der Waals surface area contributed by atoms with Gasteiger partial charge in [0.25, 0.3) is 0 Å². The van der Waals surface area contributed by atoms with Crippen LogP contribution in [0.1, 0.15) is 18.9 Å². The molecule has 0 aliphatic rings. The van der Waals surface area contributed by atoms with Crippen LogP contribution in [-0.4, -0.2) is 13.2 Å². The number of benzene rings is 1. The number of hydrogen-bond acceptors (Lipinski definition) is 2. The summed E-state index contributed by atoms with van der Waals surface area (Å²) in [5.41, 5.74) is 0.713. The third-order valence-electron chi connectivity index (χ3n) is 2.28. The van der Waals surface area contributed by atoms with Crippen molar-refractivity contribution in [1.29, 1.82) is 0 Å². The Hall–Kier alpha value is -0.940. The van der Waals surface area contributed by atoms with Crippen molar-refractivity contribution in [2.24, 2.45) is 0 Å². The monoisotopic (exact) mass is 319 g/mol. The zero-order valence-electron chi connectivity index (χ0n) is 10.1. The Morgan fingerprint density at radius 3 is 2.89 bits per heavy atom. The smallest absolute Gasteiger partial charge is 0.387 e. The molecule has 1 aromatic rings. The van der Waals surface area contributed by atoms with E-state index in [4.69, 9.17) is 0 Å². The van der Waals surface area contributed by atoms with Crippen molar-refractivity contribution in [3.05, 3.63) is 40.4 Å². The van der Waals surface area contributed by atoms with Crippen LogP contribution in [0.5, 0.6) is 5.75 Å². The summed E-state index contributed by atoms with van der Waals surface area (Å²) in [6, 6.07) is 5.00. The van der Waals surface area contributed by atoms with Crippen LogP contribution in [0.3, 0.4) is 0 Å². The molecule has 0 unspecified atom stereocenters. The zero-order valence-corrected chi connectivity index (χ0v) is 11.7. The lowest BCUT2D eigenvalue weighted by molar-refractivity contribution is -0.0505. The van der Waals surface area contributed by atoms with E-state index in [9.17, 15) is 8.78 Å². The number of rotatable bonds is 7. The lowest BCUT2D eigenvalue weighted by Gasteiger charge is -2.11. The van der Waals surface area contributed by atoms with Crippen molar-refractivity contribution in [3.63, 3.8) is 0 Å². The van der Waals surface area contributed by atoms with Gasteiger partial charge in [-0.25, -0.2) is 0 Å². The summed E-state index contributed by atoms with van der Waals surface area (Å²) >= 11 is 3.31. The van der Waals surface area contributed by atoms with Crippen LogP contribution in [0, 0.1) is 0 Å². The standard InChI is InChI=1S/C13H16BrF2NO/c1-2-3-4-7-17-9-10-8-11(14)5-6-12(10)18-13(15)16/h2-3,5-6,8,13,17H,4,7,9H2,1H3/b3-2+. The Kier molecular flexibility index (Phi) is 6.90. The Balaban J connectivity index is 2.58.